The number of hydrogen-bond acceptors (Lipinski definition) is 11. The lowest BCUT2D eigenvalue weighted by molar-refractivity contribution is -0.144. The van der Waals surface area contributed by atoms with Crippen LogP contribution < -0.4 is 24.8 Å². The molecule has 3 heterocycles. The zero-order chi connectivity index (χ0) is 43.7. The minimum atomic E-state index is -4.31. The highest BCUT2D eigenvalue weighted by molar-refractivity contribution is 7.91. The average molecular weight is 869 g/mol. The van der Waals surface area contributed by atoms with Crippen molar-refractivity contribution in [3.05, 3.63) is 23.9 Å². The molecule has 330 valence electrons. The number of sulfonamides is 1. The molecule has 2 bridgehead atoms. The second-order valence-electron chi connectivity index (χ2n) is 18.2. The second kappa shape index (κ2) is 15.4. The number of halogens is 4. The fraction of sp³-hybridized carbons (Fsp3) is 0.700. The monoisotopic (exact) mass is 868 g/mol. The Morgan fingerprint density at radius 2 is 1.78 bits per heavy atom. The number of alkyl carbamates (subject to hydrolysis) is 1. The van der Waals surface area contributed by atoms with Crippen molar-refractivity contribution in [1.29, 1.82) is 0 Å². The SMILES string of the molecule is CC[C@@H]1[C@@H]2CN(C(=O)[C@H](C(C)(C)C)NC(=O)OC3C[C@H]3CCCCC(F)(F)c3nc4ccc(OC)cc4nc3O2)[C@@H]1C(=O)N[C@]1(C(=O)NS(=O)(=O)C2(C)CC2)C[C@H]1C(F)F. The summed E-state index contributed by atoms with van der Waals surface area (Å²) in [6, 6.07) is 1.59. The largest absolute Gasteiger partial charge is 0.497 e. The van der Waals surface area contributed by atoms with Gasteiger partial charge in [0.1, 0.15) is 35.6 Å². The number of fused-ring (bicyclic) bond motifs is 5. The van der Waals surface area contributed by atoms with Crippen LogP contribution in [0.25, 0.3) is 11.0 Å². The van der Waals surface area contributed by atoms with Crippen LogP contribution >= 0.6 is 0 Å². The molecular formula is C40H52F4N6O9S. The molecule has 4 fully saturated rings. The van der Waals surface area contributed by atoms with Crippen molar-refractivity contribution >= 4 is 44.9 Å². The highest BCUT2D eigenvalue weighted by atomic mass is 32.2. The molecule has 8 atom stereocenters. The van der Waals surface area contributed by atoms with Crippen molar-refractivity contribution in [1.82, 2.24) is 30.2 Å². The van der Waals surface area contributed by atoms with Crippen LogP contribution in [-0.4, -0.2) is 102 Å². The molecule has 5 aliphatic rings. The number of alkyl halides is 4. The molecule has 2 aromatic rings. The first-order valence-electron chi connectivity index (χ1n) is 20.4. The molecule has 3 aliphatic carbocycles. The van der Waals surface area contributed by atoms with Gasteiger partial charge >= 0.3 is 6.09 Å². The summed E-state index contributed by atoms with van der Waals surface area (Å²) in [7, 11) is -2.89. The summed E-state index contributed by atoms with van der Waals surface area (Å²) in [5, 5.41) is 5.06. The summed E-state index contributed by atoms with van der Waals surface area (Å²) in [4.78, 5) is 66.3. The Morgan fingerprint density at radius 1 is 1.07 bits per heavy atom. The van der Waals surface area contributed by atoms with Gasteiger partial charge in [0, 0.05) is 18.4 Å². The third-order valence-corrected chi connectivity index (χ3v) is 14.9. The number of benzene rings is 1. The van der Waals surface area contributed by atoms with E-state index in [1.807, 2.05) is 4.72 Å². The fourth-order valence-electron chi connectivity index (χ4n) is 8.43. The lowest BCUT2D eigenvalue weighted by Gasteiger charge is -2.36. The summed E-state index contributed by atoms with van der Waals surface area (Å²) < 4.78 is 105. The first-order chi connectivity index (χ1) is 28.0. The third-order valence-electron chi connectivity index (χ3n) is 12.8. The number of carbonyl (C=O) groups is 4. The molecule has 3 N–H and O–H groups in total. The van der Waals surface area contributed by atoms with E-state index in [1.165, 1.54) is 26.2 Å². The molecule has 2 aliphatic heterocycles. The van der Waals surface area contributed by atoms with Crippen LogP contribution in [0.2, 0.25) is 0 Å². The van der Waals surface area contributed by atoms with Gasteiger partial charge in [0.15, 0.2) is 5.69 Å². The number of nitrogens with one attached hydrogen (secondary N) is 3. The first-order valence-corrected chi connectivity index (χ1v) is 21.9. The van der Waals surface area contributed by atoms with Gasteiger partial charge in [-0.15, -0.1) is 0 Å². The fourth-order valence-corrected chi connectivity index (χ4v) is 9.74. The van der Waals surface area contributed by atoms with Crippen molar-refractivity contribution in [3.8, 4) is 11.6 Å². The number of amides is 4. The van der Waals surface area contributed by atoms with Crippen LogP contribution in [-0.2, 0) is 35.1 Å². The Kier molecular flexibility index (Phi) is 11.2. The lowest BCUT2D eigenvalue weighted by atomic mass is 9.85. The topological polar surface area (TPSA) is 195 Å². The normalized spacial score (nSPS) is 31.3. The summed E-state index contributed by atoms with van der Waals surface area (Å²) in [5.41, 5.74) is -3.83. The Balaban J connectivity index is 1.30. The quantitative estimate of drug-likeness (QED) is 0.304. The highest BCUT2D eigenvalue weighted by Gasteiger charge is 2.68. The molecule has 20 heteroatoms. The average Bonchev–Trinajstić information content (AvgIpc) is 4.12. The number of ether oxygens (including phenoxy) is 3. The van der Waals surface area contributed by atoms with Gasteiger partial charge < -0.3 is 29.7 Å². The van der Waals surface area contributed by atoms with Gasteiger partial charge in [0.05, 0.1) is 35.4 Å². The molecule has 1 aromatic carbocycles. The summed E-state index contributed by atoms with van der Waals surface area (Å²) in [6.07, 6.45) is -4.91. The zero-order valence-electron chi connectivity index (χ0n) is 34.4. The molecule has 1 aromatic heterocycles. The predicted octanol–water partition coefficient (Wildman–Crippen LogP) is 4.96. The van der Waals surface area contributed by atoms with Crippen molar-refractivity contribution in [2.45, 2.75) is 139 Å². The zero-order valence-corrected chi connectivity index (χ0v) is 35.2. The van der Waals surface area contributed by atoms with Crippen LogP contribution in [0.4, 0.5) is 22.4 Å². The van der Waals surface area contributed by atoms with Gasteiger partial charge in [-0.05, 0) is 75.3 Å². The van der Waals surface area contributed by atoms with Crippen molar-refractivity contribution < 1.29 is 59.4 Å². The summed E-state index contributed by atoms with van der Waals surface area (Å²) in [5.74, 6) is -9.85. The van der Waals surface area contributed by atoms with E-state index in [4.69, 9.17) is 14.2 Å². The first kappa shape index (κ1) is 43.6. The van der Waals surface area contributed by atoms with Gasteiger partial charge in [-0.3, -0.25) is 19.1 Å². The highest BCUT2D eigenvalue weighted by Crippen LogP contribution is 2.50. The minimum Gasteiger partial charge on any atom is -0.497 e. The molecule has 0 radical (unpaired) electrons. The molecule has 60 heavy (non-hydrogen) atoms. The predicted molar refractivity (Wildman–Crippen MR) is 207 cm³/mol. The molecule has 1 unspecified atom stereocenters. The van der Waals surface area contributed by atoms with E-state index in [-0.39, 0.29) is 42.6 Å². The van der Waals surface area contributed by atoms with E-state index in [1.54, 1.807) is 33.8 Å². The number of aromatic nitrogens is 2. The Labute approximate surface area is 345 Å². The second-order valence-corrected chi connectivity index (χ2v) is 20.4. The lowest BCUT2D eigenvalue weighted by Crippen LogP contribution is -2.61. The minimum absolute atomic E-state index is 0.0516. The molecule has 0 spiro atoms. The smallest absolute Gasteiger partial charge is 0.408 e. The van der Waals surface area contributed by atoms with Gasteiger partial charge in [0.25, 0.3) is 11.8 Å². The van der Waals surface area contributed by atoms with E-state index in [9.17, 15) is 36.4 Å². The van der Waals surface area contributed by atoms with Gasteiger partial charge in [-0.1, -0.05) is 34.1 Å². The van der Waals surface area contributed by atoms with Crippen molar-refractivity contribution in [2.24, 2.45) is 23.2 Å². The van der Waals surface area contributed by atoms with Crippen LogP contribution in [0.15, 0.2) is 18.2 Å². The van der Waals surface area contributed by atoms with Crippen LogP contribution in [0.1, 0.15) is 98.1 Å². The van der Waals surface area contributed by atoms with E-state index in [0.717, 1.165) is 4.90 Å². The van der Waals surface area contributed by atoms with E-state index < -0.39 is 129 Å². The van der Waals surface area contributed by atoms with Gasteiger partial charge in [-0.25, -0.2) is 32.0 Å². The van der Waals surface area contributed by atoms with Gasteiger partial charge in [-0.2, -0.15) is 8.78 Å². The van der Waals surface area contributed by atoms with Crippen LogP contribution in [0.3, 0.4) is 0 Å². The van der Waals surface area contributed by atoms with Crippen LogP contribution in [0.5, 0.6) is 11.6 Å². The summed E-state index contributed by atoms with van der Waals surface area (Å²) >= 11 is 0. The Bertz CT molecular complexity index is 2170. The molecule has 15 nitrogen and oxygen atoms in total. The molecule has 3 saturated carbocycles. The maximum absolute atomic E-state index is 16.3. The van der Waals surface area contributed by atoms with E-state index in [0.29, 0.717) is 25.0 Å². The number of hydrogen-bond donors (Lipinski definition) is 3. The van der Waals surface area contributed by atoms with Crippen LogP contribution in [0, 0.1) is 23.2 Å². The van der Waals surface area contributed by atoms with E-state index >= 15 is 8.78 Å². The molecule has 4 amide bonds. The summed E-state index contributed by atoms with van der Waals surface area (Å²) in [6.45, 7) is 7.62. The standard InChI is InChI=1S/C40H52F4N6O9S/c1-7-22-27-19-50(28(22)32(51)48-39(18-23(39)31(41)42)35(53)49-60(55,56)38(5)14-15-38)34(52)30(37(2,3)4)47-36(54)59-26-16-20(26)10-8-9-13-40(43,44)29-33(58-27)46-25-17-21(57-6)11-12-24(25)45-29/h11-12,17,20,22-23,26-28,30-31H,7-10,13-16,18-19H2,1-6H3,(H,47,54)(H,48,51)(H,49,53)/t20-,22-,23+,26?,27+,28+,30-,39-/m1/s1. The molecule has 7 rings (SSSR count). The third kappa shape index (κ3) is 8.28. The molecule has 1 saturated heterocycles. The maximum Gasteiger partial charge on any atom is 0.408 e. The molecular weight excluding hydrogens is 817 g/mol. The maximum atomic E-state index is 16.3. The van der Waals surface area contributed by atoms with Crippen molar-refractivity contribution in [2.75, 3.05) is 13.7 Å². The van der Waals surface area contributed by atoms with Gasteiger partial charge in [0.2, 0.25) is 34.1 Å². The number of rotatable bonds is 8. The Morgan fingerprint density at radius 3 is 2.40 bits per heavy atom. The number of nitrogens with zero attached hydrogens (tertiary/aromatic N) is 3. The van der Waals surface area contributed by atoms with Crippen molar-refractivity contribution in [3.63, 3.8) is 0 Å². The number of carbonyl (C=O) groups excluding carboxylic acids is 4. The number of methoxy groups -OCH3 is 1. The van der Waals surface area contributed by atoms with E-state index in [2.05, 4.69) is 20.6 Å². The Hall–Kier alpha value is -4.49.